The number of unbranched alkanes of at least 4 members (excludes halogenated alkanes) is 6. The molecule has 1 N–H and O–H groups in total. The fraction of sp³-hybridized carbons (Fsp3) is 0.923. The summed E-state index contributed by atoms with van der Waals surface area (Å²) in [6, 6.07) is 2.06. The van der Waals surface area contributed by atoms with Crippen molar-refractivity contribution in [2.45, 2.75) is 58.3 Å². The first-order chi connectivity index (χ1) is 7.91. The van der Waals surface area contributed by atoms with Gasteiger partial charge in [0.15, 0.2) is 0 Å². The van der Waals surface area contributed by atoms with Crippen LogP contribution in [0.4, 0.5) is 0 Å². The summed E-state index contributed by atoms with van der Waals surface area (Å²) >= 11 is 0. The van der Waals surface area contributed by atoms with Crippen molar-refractivity contribution in [2.24, 2.45) is 4.99 Å². The summed E-state index contributed by atoms with van der Waals surface area (Å²) in [6.07, 6.45) is 9.74. The van der Waals surface area contributed by atoms with Crippen molar-refractivity contribution >= 4 is 6.01 Å². The van der Waals surface area contributed by atoms with E-state index in [0.717, 1.165) is 26.2 Å². The van der Waals surface area contributed by atoms with Crippen molar-refractivity contribution in [3.63, 3.8) is 0 Å². The zero-order chi connectivity index (χ0) is 11.9. The first-order valence-electron chi connectivity index (χ1n) is 6.57. The number of rotatable bonds is 12. The predicted molar refractivity (Wildman–Crippen MR) is 68.5 cm³/mol. The van der Waals surface area contributed by atoms with Gasteiger partial charge in [-0.15, -0.1) is 0 Å². The van der Waals surface area contributed by atoms with E-state index in [4.69, 9.17) is 10.1 Å². The highest BCUT2D eigenvalue weighted by molar-refractivity contribution is 5.35. The van der Waals surface area contributed by atoms with Crippen molar-refractivity contribution in [2.75, 3.05) is 19.8 Å². The van der Waals surface area contributed by atoms with E-state index in [1.165, 1.54) is 44.9 Å². The van der Waals surface area contributed by atoms with Gasteiger partial charge >= 0.3 is 0 Å². The lowest BCUT2D eigenvalue weighted by molar-refractivity contribution is 0.126. The van der Waals surface area contributed by atoms with Crippen LogP contribution in [0.2, 0.25) is 0 Å². The summed E-state index contributed by atoms with van der Waals surface area (Å²) in [4.78, 5) is 3.74. The molecular weight excluding hydrogens is 200 g/mol. The minimum Gasteiger partial charge on any atom is -0.381 e. The first kappa shape index (κ1) is 15.3. The van der Waals surface area contributed by atoms with Crippen LogP contribution in [0.3, 0.4) is 0 Å². The van der Waals surface area contributed by atoms with E-state index in [2.05, 4.69) is 17.9 Å². The molecule has 0 aliphatic heterocycles. The molecule has 3 nitrogen and oxygen atoms in total. The summed E-state index contributed by atoms with van der Waals surface area (Å²) in [7, 11) is 0. The molecule has 16 heavy (non-hydrogen) atoms. The summed E-state index contributed by atoms with van der Waals surface area (Å²) in [5.74, 6) is 0. The minimum atomic E-state index is 0.761. The Morgan fingerprint density at radius 2 is 1.56 bits per heavy atom. The van der Waals surface area contributed by atoms with E-state index >= 15 is 0 Å². The van der Waals surface area contributed by atoms with Gasteiger partial charge < -0.3 is 4.74 Å². The molecule has 0 aliphatic carbocycles. The Morgan fingerprint density at radius 3 is 2.25 bits per heavy atom. The lowest BCUT2D eigenvalue weighted by Gasteiger charge is -2.03. The molecule has 0 aromatic carbocycles. The molecule has 0 radical (unpaired) electrons. The van der Waals surface area contributed by atoms with Gasteiger partial charge in [-0.3, -0.25) is 0 Å². The molecule has 0 saturated carbocycles. The molecule has 0 fully saturated rings. The van der Waals surface area contributed by atoms with Gasteiger partial charge in [0.2, 0.25) is 0 Å². The van der Waals surface area contributed by atoms with Crippen molar-refractivity contribution in [1.29, 1.82) is 5.41 Å². The first-order valence-corrected chi connectivity index (χ1v) is 6.57. The van der Waals surface area contributed by atoms with E-state index in [-0.39, 0.29) is 0 Å². The Kier molecular flexibility index (Phi) is 13.7. The van der Waals surface area contributed by atoms with Gasteiger partial charge in [0.05, 0.1) is 6.01 Å². The van der Waals surface area contributed by atoms with E-state index in [0.29, 0.717) is 0 Å². The standard InChI is InChI=1S/C13H26N2O/c1-2-3-8-11-16-12-9-6-4-5-7-10-15-13-14/h14H,2-12H2,1H3. The van der Waals surface area contributed by atoms with Crippen LogP contribution in [0, 0.1) is 5.41 Å². The quantitative estimate of drug-likeness (QED) is 0.398. The maximum Gasteiger partial charge on any atom is 0.0861 e. The maximum absolute atomic E-state index is 6.61. The Hall–Kier alpha value is -0.660. The number of nitrogens with zero attached hydrogens (tertiary/aromatic N) is 1. The third kappa shape index (κ3) is 13.3. The smallest absolute Gasteiger partial charge is 0.0861 e. The molecule has 0 aliphatic rings. The highest BCUT2D eigenvalue weighted by atomic mass is 16.5. The topological polar surface area (TPSA) is 45.4 Å². The summed E-state index contributed by atoms with van der Waals surface area (Å²) in [6.45, 7) is 4.82. The van der Waals surface area contributed by atoms with Gasteiger partial charge in [-0.05, 0) is 19.3 Å². The van der Waals surface area contributed by atoms with Crippen LogP contribution in [0.5, 0.6) is 0 Å². The van der Waals surface area contributed by atoms with Gasteiger partial charge in [-0.1, -0.05) is 39.0 Å². The molecule has 0 unspecified atom stereocenters. The highest BCUT2D eigenvalue weighted by Crippen LogP contribution is 2.03. The zero-order valence-corrected chi connectivity index (χ0v) is 10.6. The molecule has 0 aromatic heterocycles. The van der Waals surface area contributed by atoms with Gasteiger partial charge in [0.25, 0.3) is 0 Å². The van der Waals surface area contributed by atoms with Crippen LogP contribution in [0.1, 0.15) is 58.3 Å². The molecule has 94 valence electrons. The minimum absolute atomic E-state index is 0.761. The van der Waals surface area contributed by atoms with Crippen molar-refractivity contribution in [1.82, 2.24) is 0 Å². The summed E-state index contributed by atoms with van der Waals surface area (Å²) in [5.41, 5.74) is 0. The van der Waals surface area contributed by atoms with Gasteiger partial charge in [-0.25, -0.2) is 10.4 Å². The van der Waals surface area contributed by atoms with Crippen LogP contribution in [0.25, 0.3) is 0 Å². The summed E-state index contributed by atoms with van der Waals surface area (Å²) < 4.78 is 5.53. The molecule has 0 atom stereocenters. The third-order valence-corrected chi connectivity index (χ3v) is 2.53. The Labute approximate surface area is 99.8 Å². The van der Waals surface area contributed by atoms with E-state index in [9.17, 15) is 0 Å². The average molecular weight is 226 g/mol. The molecule has 0 aromatic rings. The second-order valence-electron chi connectivity index (χ2n) is 4.08. The molecule has 0 amide bonds. The summed E-state index contributed by atoms with van der Waals surface area (Å²) in [5, 5.41) is 6.61. The molecule has 0 saturated heterocycles. The molecule has 0 rings (SSSR count). The van der Waals surface area contributed by atoms with Crippen molar-refractivity contribution in [3.05, 3.63) is 0 Å². The second-order valence-corrected chi connectivity index (χ2v) is 4.08. The van der Waals surface area contributed by atoms with Gasteiger partial charge in [0.1, 0.15) is 0 Å². The normalized spacial score (nSPS) is 10.1. The van der Waals surface area contributed by atoms with Gasteiger partial charge in [0, 0.05) is 19.8 Å². The van der Waals surface area contributed by atoms with Crippen LogP contribution < -0.4 is 0 Å². The molecule has 0 spiro atoms. The zero-order valence-electron chi connectivity index (χ0n) is 10.6. The maximum atomic E-state index is 6.61. The number of hydrogen-bond acceptors (Lipinski definition) is 3. The Bertz CT molecular complexity index is 177. The van der Waals surface area contributed by atoms with E-state index in [1.807, 2.05) is 0 Å². The highest BCUT2D eigenvalue weighted by Gasteiger charge is 1.91. The molecule has 0 bridgehead atoms. The fourth-order valence-corrected chi connectivity index (χ4v) is 1.54. The Morgan fingerprint density at radius 1 is 0.938 bits per heavy atom. The van der Waals surface area contributed by atoms with Crippen LogP contribution in [-0.2, 0) is 4.74 Å². The molecule has 3 heteroatoms. The lowest BCUT2D eigenvalue weighted by Crippen LogP contribution is -1.97. The number of ether oxygens (including phenoxy) is 1. The Balaban J connectivity index is 2.90. The monoisotopic (exact) mass is 226 g/mol. The lowest BCUT2D eigenvalue weighted by atomic mass is 10.1. The van der Waals surface area contributed by atoms with E-state index in [1.54, 1.807) is 0 Å². The largest absolute Gasteiger partial charge is 0.381 e. The van der Waals surface area contributed by atoms with E-state index < -0.39 is 0 Å². The number of nitrogens with one attached hydrogen (secondary N) is 1. The third-order valence-electron chi connectivity index (χ3n) is 2.53. The molecule has 0 heterocycles. The van der Waals surface area contributed by atoms with Crippen molar-refractivity contribution in [3.8, 4) is 0 Å². The van der Waals surface area contributed by atoms with Crippen molar-refractivity contribution < 1.29 is 4.74 Å². The van der Waals surface area contributed by atoms with Crippen LogP contribution in [-0.4, -0.2) is 25.8 Å². The van der Waals surface area contributed by atoms with Crippen LogP contribution in [0.15, 0.2) is 4.99 Å². The van der Waals surface area contributed by atoms with Crippen LogP contribution >= 0.6 is 0 Å². The SMILES string of the molecule is CCCCCOCCCCCCCN=C=N. The fourth-order valence-electron chi connectivity index (χ4n) is 1.54. The predicted octanol–water partition coefficient (Wildman–Crippen LogP) is 3.90. The number of hydrogen-bond donors (Lipinski definition) is 1. The second kappa shape index (κ2) is 14.3. The average Bonchev–Trinajstić information content (AvgIpc) is 2.31. The van der Waals surface area contributed by atoms with Gasteiger partial charge in [-0.2, -0.15) is 0 Å². The molecular formula is C13H26N2O. The number of aliphatic imine (C=N–C) groups is 1.